The van der Waals surface area contributed by atoms with E-state index in [1.807, 2.05) is 17.5 Å². The van der Waals surface area contributed by atoms with Gasteiger partial charge in [0.05, 0.1) is 23.3 Å². The third-order valence-electron chi connectivity index (χ3n) is 2.90. The Bertz CT molecular complexity index is 801. The summed E-state index contributed by atoms with van der Waals surface area (Å²) in [6, 6.07) is 7.20. The van der Waals surface area contributed by atoms with Crippen LogP contribution < -0.4 is 5.32 Å². The summed E-state index contributed by atoms with van der Waals surface area (Å²) >= 11 is 13.3. The van der Waals surface area contributed by atoms with Gasteiger partial charge in [0.15, 0.2) is 0 Å². The van der Waals surface area contributed by atoms with Crippen LogP contribution in [0.5, 0.6) is 0 Å². The van der Waals surface area contributed by atoms with Crippen molar-refractivity contribution in [2.24, 2.45) is 0 Å². The molecule has 3 aromatic heterocycles. The van der Waals surface area contributed by atoms with Gasteiger partial charge in [0.2, 0.25) is 0 Å². The lowest BCUT2D eigenvalue weighted by Crippen LogP contribution is -2.16. The summed E-state index contributed by atoms with van der Waals surface area (Å²) in [6.07, 6.45) is 3.01. The van der Waals surface area contributed by atoms with Crippen LogP contribution in [0.15, 0.2) is 42.0 Å². The van der Waals surface area contributed by atoms with Crippen LogP contribution >= 0.6 is 34.5 Å². The van der Waals surface area contributed by atoms with Crippen LogP contribution in [0, 0.1) is 0 Å². The fraction of sp³-hybridized carbons (Fsp3) is 0.0714. The molecule has 0 aliphatic rings. The average molecular weight is 353 g/mol. The SMILES string of the molecule is O=C(Nc1ccnn1Cc1cccs1)c1cnc(Cl)c(Cl)c1. The van der Waals surface area contributed by atoms with E-state index in [0.29, 0.717) is 17.9 Å². The normalized spacial score (nSPS) is 10.6. The number of anilines is 1. The van der Waals surface area contributed by atoms with Gasteiger partial charge in [-0.15, -0.1) is 11.3 Å². The van der Waals surface area contributed by atoms with E-state index in [9.17, 15) is 4.79 Å². The van der Waals surface area contributed by atoms with Crippen LogP contribution in [-0.2, 0) is 6.54 Å². The molecular formula is C14H10Cl2N4OS. The zero-order chi connectivity index (χ0) is 15.5. The van der Waals surface area contributed by atoms with Gasteiger partial charge >= 0.3 is 0 Å². The molecule has 0 aromatic carbocycles. The minimum atomic E-state index is -0.320. The highest BCUT2D eigenvalue weighted by atomic mass is 35.5. The highest BCUT2D eigenvalue weighted by Crippen LogP contribution is 2.20. The Kier molecular flexibility index (Phi) is 4.42. The number of carbonyl (C=O) groups excluding carboxylic acids is 1. The van der Waals surface area contributed by atoms with Crippen molar-refractivity contribution in [2.75, 3.05) is 5.32 Å². The molecule has 1 N–H and O–H groups in total. The average Bonchev–Trinajstić information content (AvgIpc) is 3.15. The van der Waals surface area contributed by atoms with E-state index >= 15 is 0 Å². The molecule has 1 amide bonds. The lowest BCUT2D eigenvalue weighted by molar-refractivity contribution is 0.102. The van der Waals surface area contributed by atoms with E-state index in [0.717, 1.165) is 4.88 Å². The molecule has 5 nitrogen and oxygen atoms in total. The fourth-order valence-corrected chi connectivity index (χ4v) is 2.80. The molecule has 0 aliphatic heterocycles. The molecule has 0 saturated heterocycles. The Labute approximate surface area is 140 Å². The van der Waals surface area contributed by atoms with Gasteiger partial charge in [0, 0.05) is 17.1 Å². The minimum absolute atomic E-state index is 0.168. The topological polar surface area (TPSA) is 59.8 Å². The van der Waals surface area contributed by atoms with Gasteiger partial charge in [-0.25, -0.2) is 9.67 Å². The lowest BCUT2D eigenvalue weighted by Gasteiger charge is -2.08. The second-order valence-electron chi connectivity index (χ2n) is 4.40. The second-order valence-corrected chi connectivity index (χ2v) is 6.20. The lowest BCUT2D eigenvalue weighted by atomic mass is 10.2. The summed E-state index contributed by atoms with van der Waals surface area (Å²) in [4.78, 5) is 17.3. The maximum atomic E-state index is 12.2. The van der Waals surface area contributed by atoms with E-state index in [-0.39, 0.29) is 16.1 Å². The van der Waals surface area contributed by atoms with E-state index in [1.54, 1.807) is 28.3 Å². The van der Waals surface area contributed by atoms with E-state index in [4.69, 9.17) is 23.2 Å². The summed E-state index contributed by atoms with van der Waals surface area (Å²) in [6.45, 7) is 0.597. The molecule has 0 atom stereocenters. The summed E-state index contributed by atoms with van der Waals surface area (Å²) in [5.41, 5.74) is 0.332. The molecule has 3 aromatic rings. The van der Waals surface area contributed by atoms with Crippen molar-refractivity contribution in [2.45, 2.75) is 6.54 Å². The van der Waals surface area contributed by atoms with Crippen molar-refractivity contribution in [1.29, 1.82) is 0 Å². The predicted octanol–water partition coefficient (Wildman–Crippen LogP) is 3.95. The monoisotopic (exact) mass is 352 g/mol. The molecule has 0 bridgehead atoms. The van der Waals surface area contributed by atoms with Crippen LogP contribution in [0.2, 0.25) is 10.2 Å². The first-order valence-corrected chi connectivity index (χ1v) is 7.93. The zero-order valence-electron chi connectivity index (χ0n) is 11.2. The Morgan fingerprint density at radius 1 is 1.36 bits per heavy atom. The van der Waals surface area contributed by atoms with Gasteiger partial charge in [-0.1, -0.05) is 29.3 Å². The number of thiophene rings is 1. The number of amides is 1. The van der Waals surface area contributed by atoms with Crippen molar-refractivity contribution < 1.29 is 4.79 Å². The first kappa shape index (κ1) is 15.0. The molecule has 0 radical (unpaired) electrons. The maximum absolute atomic E-state index is 12.2. The smallest absolute Gasteiger partial charge is 0.258 e. The molecular weight excluding hydrogens is 343 g/mol. The van der Waals surface area contributed by atoms with Crippen LogP contribution in [0.4, 0.5) is 5.82 Å². The molecule has 0 aliphatic carbocycles. The van der Waals surface area contributed by atoms with Crippen molar-refractivity contribution in [3.63, 3.8) is 0 Å². The highest BCUT2D eigenvalue weighted by Gasteiger charge is 2.12. The van der Waals surface area contributed by atoms with Crippen LogP contribution in [0.1, 0.15) is 15.2 Å². The molecule has 112 valence electrons. The molecule has 0 unspecified atom stereocenters. The van der Waals surface area contributed by atoms with Gasteiger partial charge in [0.25, 0.3) is 5.91 Å². The molecule has 0 fully saturated rings. The fourth-order valence-electron chi connectivity index (χ4n) is 1.85. The molecule has 3 heterocycles. The number of halogens is 2. The van der Waals surface area contributed by atoms with Crippen LogP contribution in [0.25, 0.3) is 0 Å². The maximum Gasteiger partial charge on any atom is 0.258 e. The van der Waals surface area contributed by atoms with Gasteiger partial charge in [0.1, 0.15) is 11.0 Å². The third kappa shape index (κ3) is 3.30. The number of hydrogen-bond acceptors (Lipinski definition) is 4. The second kappa shape index (κ2) is 6.48. The summed E-state index contributed by atoms with van der Waals surface area (Å²) in [5.74, 6) is 0.281. The summed E-state index contributed by atoms with van der Waals surface area (Å²) in [5, 5.41) is 9.41. The molecule has 22 heavy (non-hydrogen) atoms. The third-order valence-corrected chi connectivity index (χ3v) is 4.45. The number of aromatic nitrogens is 3. The first-order valence-electron chi connectivity index (χ1n) is 6.30. The number of pyridine rings is 1. The molecule has 3 rings (SSSR count). The Hall–Kier alpha value is -1.89. The molecule has 0 saturated carbocycles. The van der Waals surface area contributed by atoms with Crippen LogP contribution in [0.3, 0.4) is 0 Å². The van der Waals surface area contributed by atoms with Gasteiger partial charge in [-0.05, 0) is 17.5 Å². The quantitative estimate of drug-likeness (QED) is 0.723. The van der Waals surface area contributed by atoms with Crippen molar-refractivity contribution in [3.05, 3.63) is 62.7 Å². The minimum Gasteiger partial charge on any atom is -0.307 e. The van der Waals surface area contributed by atoms with Crippen LogP contribution in [-0.4, -0.2) is 20.7 Å². The van der Waals surface area contributed by atoms with Crippen molar-refractivity contribution in [3.8, 4) is 0 Å². The van der Waals surface area contributed by atoms with Crippen molar-refractivity contribution >= 4 is 46.3 Å². The number of hydrogen-bond donors (Lipinski definition) is 1. The highest BCUT2D eigenvalue weighted by molar-refractivity contribution is 7.09. The van der Waals surface area contributed by atoms with E-state index in [1.165, 1.54) is 12.3 Å². The standard InChI is InChI=1S/C14H10Cl2N4OS/c15-11-6-9(7-17-13(11)16)14(21)19-12-3-4-18-20(12)8-10-2-1-5-22-10/h1-7H,8H2,(H,19,21). The summed E-state index contributed by atoms with van der Waals surface area (Å²) < 4.78 is 1.72. The largest absolute Gasteiger partial charge is 0.307 e. The molecule has 0 spiro atoms. The van der Waals surface area contributed by atoms with Gasteiger partial charge < -0.3 is 5.32 Å². The number of rotatable bonds is 4. The number of nitrogens with one attached hydrogen (secondary N) is 1. The first-order chi connectivity index (χ1) is 10.6. The van der Waals surface area contributed by atoms with E-state index < -0.39 is 0 Å². The Morgan fingerprint density at radius 3 is 2.95 bits per heavy atom. The number of nitrogens with zero attached hydrogens (tertiary/aromatic N) is 3. The van der Waals surface area contributed by atoms with E-state index in [2.05, 4.69) is 15.4 Å². The van der Waals surface area contributed by atoms with Gasteiger partial charge in [-0.3, -0.25) is 4.79 Å². The van der Waals surface area contributed by atoms with Gasteiger partial charge in [-0.2, -0.15) is 5.10 Å². The zero-order valence-corrected chi connectivity index (χ0v) is 13.5. The predicted molar refractivity (Wildman–Crippen MR) is 87.9 cm³/mol. The Morgan fingerprint density at radius 2 is 2.23 bits per heavy atom. The Balaban J connectivity index is 1.77. The number of carbonyl (C=O) groups is 1. The summed E-state index contributed by atoms with van der Waals surface area (Å²) in [7, 11) is 0. The molecule has 8 heteroatoms. The van der Waals surface area contributed by atoms with Crippen molar-refractivity contribution in [1.82, 2.24) is 14.8 Å².